The maximum absolute atomic E-state index is 13.6. The molecule has 0 aliphatic rings. The molecule has 7 heteroatoms. The molecule has 34 heavy (non-hydrogen) atoms. The molecule has 2 aromatic rings. The number of carbonyl (C=O) groups is 3. The second kappa shape index (κ2) is 11.5. The number of hydrogen-bond acceptors (Lipinski definition) is 4. The van der Waals surface area contributed by atoms with E-state index in [1.165, 1.54) is 4.90 Å². The van der Waals surface area contributed by atoms with Crippen molar-refractivity contribution in [3.8, 4) is 0 Å². The molecule has 182 valence electrons. The van der Waals surface area contributed by atoms with E-state index in [0.717, 1.165) is 11.1 Å². The van der Waals surface area contributed by atoms with Crippen molar-refractivity contribution in [3.63, 3.8) is 0 Å². The second-order valence-corrected chi connectivity index (χ2v) is 9.07. The maximum atomic E-state index is 13.6. The van der Waals surface area contributed by atoms with Gasteiger partial charge in [-0.15, -0.1) is 0 Å². The number of para-hydroxylation sites is 1. The van der Waals surface area contributed by atoms with Crippen molar-refractivity contribution in [2.24, 2.45) is 0 Å². The Bertz CT molecular complexity index is 1040. The molecule has 3 amide bonds. The van der Waals surface area contributed by atoms with Crippen LogP contribution in [0.3, 0.4) is 0 Å². The van der Waals surface area contributed by atoms with Crippen LogP contribution in [0.5, 0.6) is 0 Å². The van der Waals surface area contributed by atoms with Crippen molar-refractivity contribution < 1.29 is 19.1 Å². The smallest absolute Gasteiger partial charge is 0.408 e. The van der Waals surface area contributed by atoms with E-state index in [9.17, 15) is 14.4 Å². The first kappa shape index (κ1) is 26.6. The first-order chi connectivity index (χ1) is 16.0. The number of aryl methyl sites for hydroxylation is 1. The van der Waals surface area contributed by atoms with Crippen molar-refractivity contribution in [3.05, 3.63) is 71.8 Å². The minimum Gasteiger partial charge on any atom is -0.444 e. The highest BCUT2D eigenvalue weighted by atomic mass is 16.6. The first-order valence-electron chi connectivity index (χ1n) is 11.4. The van der Waals surface area contributed by atoms with Crippen LogP contribution < -0.4 is 10.6 Å². The highest BCUT2D eigenvalue weighted by molar-refractivity contribution is 5.99. The van der Waals surface area contributed by atoms with Crippen molar-refractivity contribution in [1.29, 1.82) is 0 Å². The molecule has 0 radical (unpaired) electrons. The average Bonchev–Trinajstić information content (AvgIpc) is 2.77. The number of hydrogen-bond donors (Lipinski definition) is 2. The normalized spacial score (nSPS) is 12.8. The minimum absolute atomic E-state index is 0.253. The van der Waals surface area contributed by atoms with Gasteiger partial charge in [0.1, 0.15) is 17.7 Å². The number of likely N-dealkylation sites (N-methyl/N-ethyl adjacent to an activating group) is 1. The fourth-order valence-electron chi connectivity index (χ4n) is 3.50. The lowest BCUT2D eigenvalue weighted by molar-refractivity contribution is -0.140. The zero-order valence-corrected chi connectivity index (χ0v) is 20.8. The molecular weight excluding hydrogens is 430 g/mol. The summed E-state index contributed by atoms with van der Waals surface area (Å²) in [6.07, 6.45) is 0.990. The van der Waals surface area contributed by atoms with Crippen LogP contribution in [0.15, 0.2) is 55.1 Å². The number of benzene rings is 2. The Morgan fingerprint density at radius 1 is 1.12 bits per heavy atom. The monoisotopic (exact) mass is 465 g/mol. The maximum Gasteiger partial charge on any atom is 0.408 e. The molecular formula is C27H35N3O4. The van der Waals surface area contributed by atoms with Crippen molar-refractivity contribution in [1.82, 2.24) is 10.2 Å². The van der Waals surface area contributed by atoms with Crippen LogP contribution in [-0.4, -0.2) is 41.0 Å². The van der Waals surface area contributed by atoms with Gasteiger partial charge in [-0.2, -0.15) is 0 Å². The van der Waals surface area contributed by atoms with Crippen LogP contribution in [0.1, 0.15) is 57.4 Å². The lowest BCUT2D eigenvalue weighted by Gasteiger charge is -2.33. The predicted octanol–water partition coefficient (Wildman–Crippen LogP) is 5.08. The molecule has 0 aliphatic heterocycles. The lowest BCUT2D eigenvalue weighted by atomic mass is 10.00. The van der Waals surface area contributed by atoms with Gasteiger partial charge in [-0.25, -0.2) is 4.79 Å². The van der Waals surface area contributed by atoms with Gasteiger partial charge < -0.3 is 20.3 Å². The van der Waals surface area contributed by atoms with E-state index in [-0.39, 0.29) is 12.5 Å². The van der Waals surface area contributed by atoms with Crippen molar-refractivity contribution in [2.45, 2.75) is 59.2 Å². The van der Waals surface area contributed by atoms with Gasteiger partial charge in [0.2, 0.25) is 5.91 Å². The zero-order chi connectivity index (χ0) is 25.5. The van der Waals surface area contributed by atoms with Crippen molar-refractivity contribution >= 4 is 29.7 Å². The number of ether oxygens (including phenoxy) is 1. The third-order valence-corrected chi connectivity index (χ3v) is 5.15. The fraction of sp³-hybridized carbons (Fsp3) is 0.370. The summed E-state index contributed by atoms with van der Waals surface area (Å²) in [5, 5.41) is 5.53. The van der Waals surface area contributed by atoms with Gasteiger partial charge in [-0.1, -0.05) is 49.1 Å². The van der Waals surface area contributed by atoms with Gasteiger partial charge in [-0.05, 0) is 70.4 Å². The number of rotatable bonds is 8. The van der Waals surface area contributed by atoms with E-state index < -0.39 is 29.7 Å². The van der Waals surface area contributed by atoms with E-state index in [1.54, 1.807) is 46.8 Å². The highest BCUT2D eigenvalue weighted by Crippen LogP contribution is 2.26. The summed E-state index contributed by atoms with van der Waals surface area (Å²) in [4.78, 5) is 40.7. The second-order valence-electron chi connectivity index (χ2n) is 9.07. The Morgan fingerprint density at radius 3 is 2.38 bits per heavy atom. The van der Waals surface area contributed by atoms with Crippen LogP contribution in [0.25, 0.3) is 6.08 Å². The molecule has 0 saturated carbocycles. The minimum atomic E-state index is -0.917. The summed E-state index contributed by atoms with van der Waals surface area (Å²) in [6, 6.07) is 13.0. The third kappa shape index (κ3) is 7.20. The molecule has 2 atom stereocenters. The Hall–Kier alpha value is -3.61. The van der Waals surface area contributed by atoms with Crippen LogP contribution >= 0.6 is 0 Å². The topological polar surface area (TPSA) is 87.7 Å². The molecule has 2 aromatic carbocycles. The molecule has 2 N–H and O–H groups in total. The molecule has 0 saturated heterocycles. The van der Waals surface area contributed by atoms with Gasteiger partial charge in [0.15, 0.2) is 0 Å². The van der Waals surface area contributed by atoms with Gasteiger partial charge >= 0.3 is 6.09 Å². The number of amides is 3. The molecule has 0 aromatic heterocycles. The van der Waals surface area contributed by atoms with Crippen LogP contribution in [-0.2, 0) is 14.3 Å². The Kier molecular flexibility index (Phi) is 9.01. The standard InChI is InChI=1S/C27H35N3O4/c1-8-20-14-12-15-21(17-20)23(24(31)29-22-16-11-10-13-18(22)3)30(9-2)25(32)19(4)28-26(33)34-27(5,6)7/h8,10-17,19,23H,1,9H2,2-7H3,(H,28,33)(H,29,31). The fourth-order valence-corrected chi connectivity index (χ4v) is 3.50. The summed E-state index contributed by atoms with van der Waals surface area (Å²) in [5.74, 6) is -0.752. The average molecular weight is 466 g/mol. The third-order valence-electron chi connectivity index (χ3n) is 5.15. The molecule has 0 heterocycles. The van der Waals surface area contributed by atoms with Crippen LogP contribution in [0, 0.1) is 6.92 Å². The Balaban J connectivity index is 2.39. The van der Waals surface area contributed by atoms with E-state index >= 15 is 0 Å². The lowest BCUT2D eigenvalue weighted by Crippen LogP contribution is -2.51. The summed E-state index contributed by atoms with van der Waals surface area (Å²) in [5.41, 5.74) is 2.35. The predicted molar refractivity (Wildman–Crippen MR) is 135 cm³/mol. The van der Waals surface area contributed by atoms with Crippen LogP contribution in [0.4, 0.5) is 10.5 Å². The summed E-state index contributed by atoms with van der Waals surface area (Å²) < 4.78 is 5.28. The Labute approximate surface area is 202 Å². The van der Waals surface area contributed by atoms with Gasteiger partial charge in [0.05, 0.1) is 0 Å². The number of alkyl carbamates (subject to hydrolysis) is 1. The van der Waals surface area contributed by atoms with Crippen LogP contribution in [0.2, 0.25) is 0 Å². The molecule has 0 fully saturated rings. The quantitative estimate of drug-likeness (QED) is 0.569. The Morgan fingerprint density at radius 2 is 1.79 bits per heavy atom. The molecule has 7 nitrogen and oxygen atoms in total. The van der Waals surface area contributed by atoms with Gasteiger partial charge in [0, 0.05) is 12.2 Å². The largest absolute Gasteiger partial charge is 0.444 e. The number of carbonyl (C=O) groups excluding carboxylic acids is 3. The number of nitrogens with one attached hydrogen (secondary N) is 2. The van der Waals surface area contributed by atoms with Gasteiger partial charge in [0.25, 0.3) is 5.91 Å². The summed E-state index contributed by atoms with van der Waals surface area (Å²) in [6.45, 7) is 14.6. The summed E-state index contributed by atoms with van der Waals surface area (Å²) >= 11 is 0. The SMILES string of the molecule is C=Cc1cccc(C(C(=O)Nc2ccccc2C)N(CC)C(=O)C(C)NC(=O)OC(C)(C)C)c1. The molecule has 0 spiro atoms. The van der Waals surface area contributed by atoms with Crippen molar-refractivity contribution in [2.75, 3.05) is 11.9 Å². The summed E-state index contributed by atoms with van der Waals surface area (Å²) in [7, 11) is 0. The van der Waals surface area contributed by atoms with E-state index in [4.69, 9.17) is 4.74 Å². The van der Waals surface area contributed by atoms with E-state index in [0.29, 0.717) is 11.3 Å². The first-order valence-corrected chi connectivity index (χ1v) is 11.4. The van der Waals surface area contributed by atoms with E-state index in [2.05, 4.69) is 17.2 Å². The zero-order valence-electron chi connectivity index (χ0n) is 20.8. The van der Waals surface area contributed by atoms with E-state index in [1.807, 2.05) is 49.4 Å². The number of nitrogens with zero attached hydrogens (tertiary/aromatic N) is 1. The highest BCUT2D eigenvalue weighted by Gasteiger charge is 2.34. The molecule has 2 rings (SSSR count). The number of anilines is 1. The molecule has 0 bridgehead atoms. The molecule has 0 aliphatic carbocycles. The molecule has 2 unspecified atom stereocenters. The van der Waals surface area contributed by atoms with Gasteiger partial charge in [-0.3, -0.25) is 9.59 Å².